The molecular formula is C15H14F2N4O5. The van der Waals surface area contributed by atoms with Gasteiger partial charge in [0, 0.05) is 6.20 Å². The second-order valence-corrected chi connectivity index (χ2v) is 5.50. The number of rotatable bonds is 4. The summed E-state index contributed by atoms with van der Waals surface area (Å²) in [6.07, 6.45) is -4.14. The number of alkyl halides is 1. The lowest BCUT2D eigenvalue weighted by Crippen LogP contribution is -2.33. The highest BCUT2D eigenvalue weighted by Crippen LogP contribution is 2.30. The van der Waals surface area contributed by atoms with Crippen molar-refractivity contribution in [1.82, 2.24) is 14.5 Å². The summed E-state index contributed by atoms with van der Waals surface area (Å²) in [6.45, 7) is -0.612. The molecule has 3 rings (SSSR count). The predicted molar refractivity (Wildman–Crippen MR) is 82.5 cm³/mol. The highest BCUT2D eigenvalue weighted by molar-refractivity contribution is 6.02. The number of hydrogen-bond donors (Lipinski definition) is 3. The first-order valence-electron chi connectivity index (χ1n) is 7.51. The molecule has 1 amide bonds. The molecular weight excluding hydrogens is 354 g/mol. The van der Waals surface area contributed by atoms with Gasteiger partial charge >= 0.3 is 5.69 Å². The number of anilines is 1. The summed E-state index contributed by atoms with van der Waals surface area (Å²) < 4.78 is 32.8. The topological polar surface area (TPSA) is 127 Å². The molecule has 1 aliphatic heterocycles. The maximum absolute atomic E-state index is 14.1. The average Bonchev–Trinajstić information content (AvgIpc) is 2.90. The first kappa shape index (κ1) is 18.0. The maximum atomic E-state index is 14.1. The molecule has 3 N–H and O–H groups in total. The lowest BCUT2D eigenvalue weighted by atomic mass is 10.1. The van der Waals surface area contributed by atoms with Gasteiger partial charge < -0.3 is 20.3 Å². The zero-order valence-corrected chi connectivity index (χ0v) is 13.1. The van der Waals surface area contributed by atoms with Gasteiger partial charge in [-0.1, -0.05) is 0 Å². The number of halogens is 2. The van der Waals surface area contributed by atoms with Crippen LogP contribution in [0.5, 0.6) is 0 Å². The van der Waals surface area contributed by atoms with E-state index in [0.29, 0.717) is 0 Å². The summed E-state index contributed by atoms with van der Waals surface area (Å²) in [7, 11) is 0. The van der Waals surface area contributed by atoms with Gasteiger partial charge in [-0.05, 0) is 18.2 Å². The predicted octanol–water partition coefficient (Wildman–Crippen LogP) is -0.382. The molecule has 0 bridgehead atoms. The van der Waals surface area contributed by atoms with E-state index in [1.807, 2.05) is 0 Å². The van der Waals surface area contributed by atoms with Crippen LogP contribution in [0.15, 0.2) is 35.4 Å². The number of hydrogen-bond acceptors (Lipinski definition) is 7. The van der Waals surface area contributed by atoms with Crippen LogP contribution in [-0.4, -0.2) is 55.6 Å². The van der Waals surface area contributed by atoms with E-state index < -0.39 is 48.6 Å². The summed E-state index contributed by atoms with van der Waals surface area (Å²) in [6, 6.07) is 3.43. The fraction of sp³-hybridized carbons (Fsp3) is 0.333. The van der Waals surface area contributed by atoms with Crippen LogP contribution in [0.3, 0.4) is 0 Å². The van der Waals surface area contributed by atoms with Crippen LogP contribution >= 0.6 is 0 Å². The molecule has 0 radical (unpaired) electrons. The number of nitrogens with one attached hydrogen (secondary N) is 1. The Morgan fingerprint density at radius 2 is 2.15 bits per heavy atom. The van der Waals surface area contributed by atoms with Crippen molar-refractivity contribution in [3.8, 4) is 0 Å². The molecule has 4 atom stereocenters. The number of aromatic nitrogens is 3. The number of ether oxygens (including phenoxy) is 1. The van der Waals surface area contributed by atoms with Crippen LogP contribution in [0.25, 0.3) is 0 Å². The molecule has 1 aliphatic rings. The van der Waals surface area contributed by atoms with Gasteiger partial charge in [0.2, 0.25) is 0 Å². The minimum absolute atomic E-state index is 0.0887. The Kier molecular flexibility index (Phi) is 5.02. The van der Waals surface area contributed by atoms with Crippen molar-refractivity contribution in [2.24, 2.45) is 0 Å². The van der Waals surface area contributed by atoms with Crippen LogP contribution < -0.4 is 11.0 Å². The van der Waals surface area contributed by atoms with Gasteiger partial charge in [0.15, 0.2) is 12.4 Å². The normalized spacial score (nSPS) is 25.2. The van der Waals surface area contributed by atoms with E-state index in [0.717, 1.165) is 29.1 Å². The third-order valence-electron chi connectivity index (χ3n) is 3.78. The Bertz CT molecular complexity index is 860. The number of aliphatic hydroxyl groups is 2. The summed E-state index contributed by atoms with van der Waals surface area (Å²) >= 11 is 0. The Morgan fingerprint density at radius 1 is 1.38 bits per heavy atom. The molecule has 11 heteroatoms. The largest absolute Gasteiger partial charge is 0.394 e. The monoisotopic (exact) mass is 368 g/mol. The van der Waals surface area contributed by atoms with Gasteiger partial charge in [-0.3, -0.25) is 9.36 Å². The molecule has 0 aliphatic carbocycles. The van der Waals surface area contributed by atoms with Crippen molar-refractivity contribution in [1.29, 1.82) is 0 Å². The van der Waals surface area contributed by atoms with E-state index in [1.165, 1.54) is 6.07 Å². The third kappa shape index (κ3) is 3.45. The average molecular weight is 368 g/mol. The maximum Gasteiger partial charge on any atom is 0.351 e. The van der Waals surface area contributed by atoms with Crippen LogP contribution in [0, 0.1) is 5.82 Å². The lowest BCUT2D eigenvalue weighted by Gasteiger charge is -2.16. The van der Waals surface area contributed by atoms with Crippen molar-refractivity contribution in [3.05, 3.63) is 52.6 Å². The van der Waals surface area contributed by atoms with Gasteiger partial charge in [-0.15, -0.1) is 0 Å². The van der Waals surface area contributed by atoms with E-state index in [1.54, 1.807) is 0 Å². The third-order valence-corrected chi connectivity index (χ3v) is 3.78. The van der Waals surface area contributed by atoms with Crippen molar-refractivity contribution >= 4 is 11.7 Å². The number of aliphatic hydroxyl groups excluding tert-OH is 2. The number of amides is 1. The minimum Gasteiger partial charge on any atom is -0.394 e. The van der Waals surface area contributed by atoms with Crippen LogP contribution in [-0.2, 0) is 4.74 Å². The summed E-state index contributed by atoms with van der Waals surface area (Å²) in [4.78, 5) is 31.2. The molecule has 0 spiro atoms. The van der Waals surface area contributed by atoms with Gasteiger partial charge in [0.05, 0.1) is 12.8 Å². The van der Waals surface area contributed by atoms with E-state index in [4.69, 9.17) is 9.84 Å². The molecule has 2 aromatic heterocycles. The van der Waals surface area contributed by atoms with Crippen molar-refractivity contribution in [2.75, 3.05) is 11.9 Å². The number of carbonyl (C=O) groups excluding carboxylic acids is 1. The van der Waals surface area contributed by atoms with E-state index in [9.17, 15) is 23.5 Å². The quantitative estimate of drug-likeness (QED) is 0.671. The fourth-order valence-electron chi connectivity index (χ4n) is 2.44. The summed E-state index contributed by atoms with van der Waals surface area (Å²) in [5.41, 5.74) is -1.03. The second-order valence-electron chi connectivity index (χ2n) is 5.50. The van der Waals surface area contributed by atoms with Crippen LogP contribution in [0.2, 0.25) is 0 Å². The molecule has 1 saturated heterocycles. The smallest absolute Gasteiger partial charge is 0.351 e. The molecule has 138 valence electrons. The first-order chi connectivity index (χ1) is 12.4. The van der Waals surface area contributed by atoms with Gasteiger partial charge in [0.1, 0.15) is 29.5 Å². The number of pyridine rings is 1. The Hall–Kier alpha value is -2.76. The van der Waals surface area contributed by atoms with Crippen LogP contribution in [0.4, 0.5) is 14.6 Å². The highest BCUT2D eigenvalue weighted by Gasteiger charge is 2.45. The minimum atomic E-state index is -1.93. The summed E-state index contributed by atoms with van der Waals surface area (Å²) in [5.74, 6) is -1.45. The Morgan fingerprint density at radius 3 is 2.73 bits per heavy atom. The van der Waals surface area contributed by atoms with E-state index in [-0.39, 0.29) is 11.5 Å². The molecule has 2 aromatic rings. The lowest BCUT2D eigenvalue weighted by molar-refractivity contribution is -0.0490. The standard InChI is InChI=1S/C15H14F2N4O5/c16-7-1-2-8(18-5-7)13(24)19-10-3-4-21(15(25)20-10)14-11(17)12(23)9(6-22)26-14/h1-5,9,11-12,14,22-23H,6H2,(H,19,20,24,25). The van der Waals surface area contributed by atoms with Gasteiger partial charge in [0.25, 0.3) is 5.91 Å². The second kappa shape index (κ2) is 7.23. The molecule has 26 heavy (non-hydrogen) atoms. The Labute approximate surface area is 144 Å². The Balaban J connectivity index is 1.77. The van der Waals surface area contributed by atoms with Crippen molar-refractivity contribution < 1.29 is 28.5 Å². The first-order valence-corrected chi connectivity index (χ1v) is 7.51. The van der Waals surface area contributed by atoms with E-state index >= 15 is 0 Å². The van der Waals surface area contributed by atoms with Crippen molar-refractivity contribution in [2.45, 2.75) is 24.6 Å². The molecule has 9 nitrogen and oxygen atoms in total. The van der Waals surface area contributed by atoms with Gasteiger partial charge in [-0.2, -0.15) is 4.98 Å². The molecule has 0 saturated carbocycles. The molecule has 0 aromatic carbocycles. The molecule has 1 fully saturated rings. The molecule has 4 unspecified atom stereocenters. The SMILES string of the molecule is O=C(Nc1ccn(C2OC(CO)C(O)C2F)c(=O)n1)c1ccc(F)cn1. The zero-order chi connectivity index (χ0) is 18.8. The fourth-order valence-corrected chi connectivity index (χ4v) is 2.44. The van der Waals surface area contributed by atoms with E-state index in [2.05, 4.69) is 15.3 Å². The molecule has 3 heterocycles. The van der Waals surface area contributed by atoms with Crippen molar-refractivity contribution in [3.63, 3.8) is 0 Å². The number of carbonyl (C=O) groups is 1. The van der Waals surface area contributed by atoms with Gasteiger partial charge in [-0.25, -0.2) is 18.6 Å². The van der Waals surface area contributed by atoms with Crippen LogP contribution in [0.1, 0.15) is 16.7 Å². The zero-order valence-electron chi connectivity index (χ0n) is 13.1. The summed E-state index contributed by atoms with van der Waals surface area (Å²) in [5, 5.41) is 20.9. The number of nitrogens with zero attached hydrogens (tertiary/aromatic N) is 3. The highest BCUT2D eigenvalue weighted by atomic mass is 19.1.